The first kappa shape index (κ1) is 17.5. The molecule has 0 unspecified atom stereocenters. The van der Waals surface area contributed by atoms with Gasteiger partial charge in [0.2, 0.25) is 11.8 Å². The molecule has 0 aliphatic carbocycles. The molecule has 132 valence electrons. The highest BCUT2D eigenvalue weighted by Gasteiger charge is 2.14. The molecule has 5 nitrogen and oxygen atoms in total. The summed E-state index contributed by atoms with van der Waals surface area (Å²) >= 11 is 0. The Bertz CT molecular complexity index is 947. The summed E-state index contributed by atoms with van der Waals surface area (Å²) in [5.74, 6) is -0.268. The van der Waals surface area contributed by atoms with E-state index in [1.54, 1.807) is 19.1 Å². The van der Waals surface area contributed by atoms with Gasteiger partial charge in [-0.1, -0.05) is 42.5 Å². The Morgan fingerprint density at radius 3 is 2.35 bits per heavy atom. The van der Waals surface area contributed by atoms with E-state index >= 15 is 0 Å². The zero-order chi connectivity index (χ0) is 18.5. The molecule has 0 aromatic heterocycles. The van der Waals surface area contributed by atoms with Crippen molar-refractivity contribution in [2.24, 2.45) is 0 Å². The fraction of sp³-hybridized carbons (Fsp3) is 0.143. The summed E-state index contributed by atoms with van der Waals surface area (Å²) in [5.41, 5.74) is 2.23. The van der Waals surface area contributed by atoms with Crippen LogP contribution in [0.1, 0.15) is 13.8 Å². The Morgan fingerprint density at radius 1 is 0.846 bits per heavy atom. The van der Waals surface area contributed by atoms with Gasteiger partial charge in [-0.15, -0.1) is 0 Å². The number of rotatable bonds is 5. The van der Waals surface area contributed by atoms with E-state index in [2.05, 4.69) is 16.0 Å². The Kier molecular flexibility index (Phi) is 5.17. The molecule has 0 aliphatic rings. The molecule has 0 saturated carbocycles. The number of carbonyl (C=O) groups is 2. The normalized spacial score (nSPS) is 11.6. The molecule has 5 heteroatoms. The molecular weight excluding hydrogens is 326 g/mol. The smallest absolute Gasteiger partial charge is 0.246 e. The molecule has 0 fully saturated rings. The van der Waals surface area contributed by atoms with Crippen LogP contribution in [-0.2, 0) is 9.59 Å². The molecule has 3 N–H and O–H groups in total. The average Bonchev–Trinajstić information content (AvgIpc) is 2.61. The van der Waals surface area contributed by atoms with Crippen molar-refractivity contribution < 1.29 is 9.59 Å². The summed E-state index contributed by atoms with van der Waals surface area (Å²) in [4.78, 5) is 23.7. The van der Waals surface area contributed by atoms with E-state index in [0.29, 0.717) is 5.69 Å². The van der Waals surface area contributed by atoms with Gasteiger partial charge in [0, 0.05) is 29.4 Å². The van der Waals surface area contributed by atoms with Crippen molar-refractivity contribution >= 4 is 39.6 Å². The first-order valence-corrected chi connectivity index (χ1v) is 8.46. The second-order valence-electron chi connectivity index (χ2n) is 6.14. The lowest BCUT2D eigenvalue weighted by atomic mass is 10.1. The molecule has 1 atom stereocenters. The van der Waals surface area contributed by atoms with Gasteiger partial charge in [0.15, 0.2) is 0 Å². The van der Waals surface area contributed by atoms with Crippen LogP contribution in [0.15, 0.2) is 66.7 Å². The van der Waals surface area contributed by atoms with Crippen LogP contribution in [0, 0.1) is 0 Å². The van der Waals surface area contributed by atoms with Gasteiger partial charge in [-0.05, 0) is 36.6 Å². The van der Waals surface area contributed by atoms with Gasteiger partial charge in [-0.25, -0.2) is 0 Å². The van der Waals surface area contributed by atoms with Crippen LogP contribution in [0.3, 0.4) is 0 Å². The van der Waals surface area contributed by atoms with E-state index in [1.165, 1.54) is 6.92 Å². The number of nitrogens with one attached hydrogen (secondary N) is 3. The van der Waals surface area contributed by atoms with Crippen LogP contribution in [0.25, 0.3) is 10.8 Å². The van der Waals surface area contributed by atoms with Gasteiger partial charge in [-0.2, -0.15) is 0 Å². The van der Waals surface area contributed by atoms with Crippen LogP contribution < -0.4 is 16.0 Å². The zero-order valence-corrected chi connectivity index (χ0v) is 14.7. The van der Waals surface area contributed by atoms with Gasteiger partial charge in [0.05, 0.1) is 0 Å². The highest BCUT2D eigenvalue weighted by Crippen LogP contribution is 2.23. The lowest BCUT2D eigenvalue weighted by molar-refractivity contribution is -0.116. The first-order chi connectivity index (χ1) is 12.5. The lowest BCUT2D eigenvalue weighted by Crippen LogP contribution is -2.31. The third-order valence-corrected chi connectivity index (χ3v) is 4.01. The van der Waals surface area contributed by atoms with Crippen LogP contribution in [-0.4, -0.2) is 17.9 Å². The molecule has 0 bridgehead atoms. The minimum absolute atomic E-state index is 0.133. The first-order valence-electron chi connectivity index (χ1n) is 8.46. The number of carbonyl (C=O) groups excluding carboxylic acids is 2. The molecule has 26 heavy (non-hydrogen) atoms. The van der Waals surface area contributed by atoms with Gasteiger partial charge >= 0.3 is 0 Å². The quantitative estimate of drug-likeness (QED) is 0.646. The standard InChI is InChI=1S/C21H21N3O2/c1-14(22-17-9-6-10-18(13-17)23-15(2)25)21(26)24-20-12-5-8-16-7-3-4-11-19(16)20/h3-14,22H,1-2H3,(H,23,25)(H,24,26)/t14-/m0/s1. The van der Waals surface area contributed by atoms with Gasteiger partial charge in [0.1, 0.15) is 6.04 Å². The fourth-order valence-corrected chi connectivity index (χ4v) is 2.78. The summed E-state index contributed by atoms with van der Waals surface area (Å²) in [7, 11) is 0. The summed E-state index contributed by atoms with van der Waals surface area (Å²) in [6, 6.07) is 20.6. The second kappa shape index (κ2) is 7.70. The number of amides is 2. The number of hydrogen-bond acceptors (Lipinski definition) is 3. The van der Waals surface area contributed by atoms with Gasteiger partial charge < -0.3 is 16.0 Å². The van der Waals surface area contributed by atoms with Crippen molar-refractivity contribution in [1.29, 1.82) is 0 Å². The van der Waals surface area contributed by atoms with Crippen LogP contribution >= 0.6 is 0 Å². The lowest BCUT2D eigenvalue weighted by Gasteiger charge is -2.17. The molecule has 0 aliphatic heterocycles. The van der Waals surface area contributed by atoms with E-state index in [1.807, 2.05) is 54.6 Å². The summed E-state index contributed by atoms with van der Waals surface area (Å²) in [6.07, 6.45) is 0. The van der Waals surface area contributed by atoms with Crippen molar-refractivity contribution in [1.82, 2.24) is 0 Å². The Hall–Kier alpha value is -3.34. The van der Waals surface area contributed by atoms with E-state index in [-0.39, 0.29) is 11.8 Å². The minimum Gasteiger partial charge on any atom is -0.374 e. The number of fused-ring (bicyclic) bond motifs is 1. The Balaban J connectivity index is 1.71. The zero-order valence-electron chi connectivity index (χ0n) is 14.7. The van der Waals surface area contributed by atoms with Crippen LogP contribution in [0.4, 0.5) is 17.1 Å². The predicted octanol–water partition coefficient (Wildman–Crippen LogP) is 4.24. The Labute approximate surface area is 152 Å². The van der Waals surface area contributed by atoms with Crippen molar-refractivity contribution in [3.8, 4) is 0 Å². The molecule has 0 radical (unpaired) electrons. The highest BCUT2D eigenvalue weighted by atomic mass is 16.2. The van der Waals surface area contributed by atoms with Crippen LogP contribution in [0.5, 0.6) is 0 Å². The van der Waals surface area contributed by atoms with E-state index in [4.69, 9.17) is 0 Å². The maximum atomic E-state index is 12.6. The summed E-state index contributed by atoms with van der Waals surface area (Å²) < 4.78 is 0. The van der Waals surface area contributed by atoms with Crippen LogP contribution in [0.2, 0.25) is 0 Å². The molecular formula is C21H21N3O2. The minimum atomic E-state index is -0.443. The van der Waals surface area contributed by atoms with Gasteiger partial charge in [0.25, 0.3) is 0 Å². The number of hydrogen-bond donors (Lipinski definition) is 3. The predicted molar refractivity (Wildman–Crippen MR) is 106 cm³/mol. The summed E-state index contributed by atoms with van der Waals surface area (Å²) in [5, 5.41) is 10.9. The highest BCUT2D eigenvalue weighted by molar-refractivity contribution is 6.04. The molecule has 0 spiro atoms. The third-order valence-electron chi connectivity index (χ3n) is 4.01. The largest absolute Gasteiger partial charge is 0.374 e. The molecule has 0 saturated heterocycles. The third kappa shape index (κ3) is 4.19. The van der Waals surface area contributed by atoms with Crippen molar-refractivity contribution in [2.45, 2.75) is 19.9 Å². The molecule has 0 heterocycles. The number of benzene rings is 3. The van der Waals surface area contributed by atoms with E-state index in [0.717, 1.165) is 22.1 Å². The fourth-order valence-electron chi connectivity index (χ4n) is 2.78. The molecule has 3 rings (SSSR count). The molecule has 3 aromatic carbocycles. The Morgan fingerprint density at radius 2 is 1.54 bits per heavy atom. The molecule has 3 aromatic rings. The maximum absolute atomic E-state index is 12.6. The van der Waals surface area contributed by atoms with Crippen molar-refractivity contribution in [3.05, 3.63) is 66.7 Å². The maximum Gasteiger partial charge on any atom is 0.246 e. The van der Waals surface area contributed by atoms with E-state index < -0.39 is 6.04 Å². The van der Waals surface area contributed by atoms with E-state index in [9.17, 15) is 9.59 Å². The van der Waals surface area contributed by atoms with Gasteiger partial charge in [-0.3, -0.25) is 9.59 Å². The van der Waals surface area contributed by atoms with Crippen molar-refractivity contribution in [2.75, 3.05) is 16.0 Å². The topological polar surface area (TPSA) is 70.2 Å². The summed E-state index contributed by atoms with van der Waals surface area (Å²) in [6.45, 7) is 3.26. The van der Waals surface area contributed by atoms with Crippen molar-refractivity contribution in [3.63, 3.8) is 0 Å². The number of anilines is 3. The second-order valence-corrected chi connectivity index (χ2v) is 6.14. The average molecular weight is 347 g/mol. The SMILES string of the molecule is CC(=O)Nc1cccc(N[C@@H](C)C(=O)Nc2cccc3ccccc23)c1. The monoisotopic (exact) mass is 347 g/mol. The molecule has 2 amide bonds.